The van der Waals surface area contributed by atoms with E-state index in [9.17, 15) is 19.5 Å². The number of aliphatic carboxylic acids is 1. The molecule has 0 aromatic carbocycles. The highest BCUT2D eigenvalue weighted by Gasteiger charge is 2.25. The van der Waals surface area contributed by atoms with Crippen LogP contribution in [-0.2, 0) is 28.6 Å². The molecule has 2 atom stereocenters. The van der Waals surface area contributed by atoms with Gasteiger partial charge in [0.15, 0.2) is 6.10 Å². The molecule has 0 spiro atoms. The maximum Gasteiger partial charge on any atom is 0.306 e. The first-order valence-corrected chi connectivity index (χ1v) is 25.4. The number of carboxylic acids is 1. The zero-order valence-corrected chi connectivity index (χ0v) is 40.8. The van der Waals surface area contributed by atoms with Crippen molar-refractivity contribution in [2.75, 3.05) is 41.0 Å². The molecule has 0 saturated carbocycles. The quantitative estimate of drug-likeness (QED) is 0.0197. The fourth-order valence-corrected chi connectivity index (χ4v) is 7.31. The van der Waals surface area contributed by atoms with Crippen molar-refractivity contribution >= 4 is 17.9 Å². The Morgan fingerprint density at radius 3 is 1.39 bits per heavy atom. The van der Waals surface area contributed by atoms with Gasteiger partial charge in [-0.1, -0.05) is 197 Å². The lowest BCUT2D eigenvalue weighted by Gasteiger charge is -2.34. The summed E-state index contributed by atoms with van der Waals surface area (Å²) >= 11 is 0. The van der Waals surface area contributed by atoms with Gasteiger partial charge in [0, 0.05) is 19.3 Å². The van der Waals surface area contributed by atoms with Crippen molar-refractivity contribution in [1.29, 1.82) is 0 Å². The smallest absolute Gasteiger partial charge is 0.306 e. The van der Waals surface area contributed by atoms with Gasteiger partial charge in [0.05, 0.1) is 40.3 Å². The molecule has 62 heavy (non-hydrogen) atoms. The van der Waals surface area contributed by atoms with Gasteiger partial charge in [0.1, 0.15) is 12.6 Å². The predicted octanol–water partition coefficient (Wildman–Crippen LogP) is 13.2. The Morgan fingerprint density at radius 2 is 0.919 bits per heavy atom. The van der Waals surface area contributed by atoms with E-state index in [0.717, 1.165) is 64.2 Å². The van der Waals surface area contributed by atoms with E-state index >= 15 is 0 Å². The Balaban J connectivity index is 4.24. The summed E-state index contributed by atoms with van der Waals surface area (Å²) in [5, 5.41) is 11.7. The van der Waals surface area contributed by atoms with Gasteiger partial charge in [-0.05, 0) is 57.8 Å². The molecule has 0 bridgehead atoms. The van der Waals surface area contributed by atoms with Crippen LogP contribution in [0, 0.1) is 0 Å². The number of hydrogen-bond acceptors (Lipinski definition) is 7. The van der Waals surface area contributed by atoms with Gasteiger partial charge in [-0.2, -0.15) is 0 Å². The average molecular weight is 870 g/mol. The molecule has 0 aliphatic rings. The number of allylic oxidation sites excluding steroid dienone is 10. The summed E-state index contributed by atoms with van der Waals surface area (Å²) in [5.74, 6) is -1.77. The van der Waals surface area contributed by atoms with E-state index in [1.165, 1.54) is 116 Å². The molecule has 358 valence electrons. The van der Waals surface area contributed by atoms with E-state index in [-0.39, 0.29) is 42.7 Å². The van der Waals surface area contributed by atoms with E-state index in [4.69, 9.17) is 14.2 Å². The molecule has 0 aliphatic heterocycles. The summed E-state index contributed by atoms with van der Waals surface area (Å²) in [6.45, 7) is 4.51. The van der Waals surface area contributed by atoms with Crippen molar-refractivity contribution in [1.82, 2.24) is 0 Å². The number of carbonyl (C=O) groups is 3. The fraction of sp³-hybridized carbons (Fsp3) is 0.759. The number of nitrogens with zero attached hydrogens (tertiary/aromatic N) is 1. The highest BCUT2D eigenvalue weighted by molar-refractivity contribution is 5.70. The highest BCUT2D eigenvalue weighted by Crippen LogP contribution is 2.15. The van der Waals surface area contributed by atoms with E-state index in [1.54, 1.807) is 21.1 Å². The third-order valence-electron chi connectivity index (χ3n) is 11.2. The van der Waals surface area contributed by atoms with E-state index in [0.29, 0.717) is 12.8 Å². The van der Waals surface area contributed by atoms with Gasteiger partial charge in [0.25, 0.3) is 0 Å². The van der Waals surface area contributed by atoms with Crippen LogP contribution in [0.2, 0.25) is 0 Å². The van der Waals surface area contributed by atoms with Crippen molar-refractivity contribution in [3.63, 3.8) is 0 Å². The molecule has 0 fully saturated rings. The van der Waals surface area contributed by atoms with Crippen LogP contribution in [0.5, 0.6) is 0 Å². The maximum atomic E-state index is 12.7. The van der Waals surface area contributed by atoms with Crippen LogP contribution in [0.3, 0.4) is 0 Å². The van der Waals surface area contributed by atoms with Crippen molar-refractivity contribution in [2.45, 2.75) is 225 Å². The van der Waals surface area contributed by atoms with Crippen LogP contribution in [0.1, 0.15) is 213 Å². The number of carboxylic acid groups (broad SMARTS) is 1. The van der Waals surface area contributed by atoms with Crippen molar-refractivity contribution in [2.24, 2.45) is 0 Å². The lowest BCUT2D eigenvalue weighted by molar-refractivity contribution is -0.889. The number of unbranched alkanes of at least 4 members (excludes halogenated alkanes) is 24. The minimum Gasteiger partial charge on any atom is -0.544 e. The SMILES string of the molecule is CC/C=C/C=C/C=C/C=C/CCCCCCCC(=O)OC(COCCC(C(=O)[O-])[N+](C)(C)C)COC(=O)CCCCCCCCC/C=C/CCCCCCCCCCCCCC. The molecule has 0 rings (SSSR count). The molecule has 0 radical (unpaired) electrons. The minimum absolute atomic E-state index is 0.0278. The lowest BCUT2D eigenvalue weighted by atomic mass is 10.0. The molecule has 0 amide bonds. The van der Waals surface area contributed by atoms with Crippen LogP contribution >= 0.6 is 0 Å². The number of likely N-dealkylation sites (N-methyl/N-ethyl adjacent to an activating group) is 1. The van der Waals surface area contributed by atoms with Crippen LogP contribution in [0.15, 0.2) is 60.8 Å². The van der Waals surface area contributed by atoms with Gasteiger partial charge in [-0.15, -0.1) is 0 Å². The Morgan fingerprint density at radius 1 is 0.500 bits per heavy atom. The first kappa shape index (κ1) is 59.0. The molecule has 2 unspecified atom stereocenters. The normalized spacial score (nSPS) is 13.4. The maximum absolute atomic E-state index is 12.7. The average Bonchev–Trinajstić information content (AvgIpc) is 3.23. The highest BCUT2D eigenvalue weighted by atomic mass is 16.6. The van der Waals surface area contributed by atoms with Crippen LogP contribution < -0.4 is 5.11 Å². The number of esters is 2. The molecule has 0 aliphatic carbocycles. The largest absolute Gasteiger partial charge is 0.544 e. The second-order valence-electron chi connectivity index (χ2n) is 18.1. The Hall–Kier alpha value is -2.97. The zero-order chi connectivity index (χ0) is 45.6. The molecular formula is C54H95NO7. The second kappa shape index (κ2) is 44.6. The Kier molecular flexibility index (Phi) is 42.5. The number of quaternary nitrogens is 1. The third kappa shape index (κ3) is 42.3. The van der Waals surface area contributed by atoms with E-state index in [1.807, 2.05) is 24.3 Å². The minimum atomic E-state index is -1.13. The molecule has 0 aromatic rings. The van der Waals surface area contributed by atoms with Crippen LogP contribution in [0.4, 0.5) is 0 Å². The summed E-state index contributed by atoms with van der Waals surface area (Å²) in [7, 11) is 5.40. The second-order valence-corrected chi connectivity index (χ2v) is 18.1. The summed E-state index contributed by atoms with van der Waals surface area (Å²) in [6.07, 6.45) is 55.4. The van der Waals surface area contributed by atoms with Gasteiger partial charge < -0.3 is 28.6 Å². The topological polar surface area (TPSA) is 102 Å². The third-order valence-corrected chi connectivity index (χ3v) is 11.2. The van der Waals surface area contributed by atoms with E-state index < -0.39 is 18.1 Å². The fourth-order valence-electron chi connectivity index (χ4n) is 7.31. The predicted molar refractivity (Wildman–Crippen MR) is 259 cm³/mol. The van der Waals surface area contributed by atoms with Crippen LogP contribution in [-0.4, -0.2) is 75.5 Å². The molecule has 0 saturated heterocycles. The standard InChI is InChI=1S/C54H95NO7/c1-6-8-10-12-14-16-18-20-22-23-24-25-26-27-28-29-31-32-34-36-38-40-42-44-52(56)61-49-50(48-60-47-46-51(54(58)59)55(3,4)5)62-53(57)45-43-41-39-37-35-33-30-21-19-17-15-13-11-9-7-2/h9,11,13,15,17,19,21,27-28,30,50-51H,6-8,10,12,14,16,18,20,22-26,29,31-49H2,1-5H3/b11-9+,15-13+,19-17+,28-27+,30-21+. The molecule has 0 aromatic heterocycles. The van der Waals surface area contributed by atoms with Crippen molar-refractivity contribution in [3.05, 3.63) is 60.8 Å². The van der Waals surface area contributed by atoms with Crippen molar-refractivity contribution in [3.8, 4) is 0 Å². The van der Waals surface area contributed by atoms with Crippen LogP contribution in [0.25, 0.3) is 0 Å². The van der Waals surface area contributed by atoms with Gasteiger partial charge in [-0.3, -0.25) is 9.59 Å². The summed E-state index contributed by atoms with van der Waals surface area (Å²) < 4.78 is 17.2. The van der Waals surface area contributed by atoms with E-state index in [2.05, 4.69) is 50.3 Å². The summed E-state index contributed by atoms with van der Waals surface area (Å²) in [5.41, 5.74) is 0. The van der Waals surface area contributed by atoms with Gasteiger partial charge in [-0.25, -0.2) is 0 Å². The number of carbonyl (C=O) groups excluding carboxylic acids is 3. The molecule has 0 heterocycles. The van der Waals surface area contributed by atoms with Gasteiger partial charge in [0.2, 0.25) is 0 Å². The van der Waals surface area contributed by atoms with Gasteiger partial charge >= 0.3 is 11.9 Å². The first-order valence-electron chi connectivity index (χ1n) is 25.4. The lowest BCUT2D eigenvalue weighted by Crippen LogP contribution is -2.55. The monoisotopic (exact) mass is 870 g/mol. The Labute approximate surface area is 381 Å². The molecule has 0 N–H and O–H groups in total. The summed E-state index contributed by atoms with van der Waals surface area (Å²) in [4.78, 5) is 37.0. The zero-order valence-electron chi connectivity index (χ0n) is 40.8. The summed E-state index contributed by atoms with van der Waals surface area (Å²) in [6, 6.07) is -0.733. The Bertz CT molecular complexity index is 1200. The first-order chi connectivity index (χ1) is 30.1. The number of hydrogen-bond donors (Lipinski definition) is 0. The van der Waals surface area contributed by atoms with Crippen molar-refractivity contribution < 1.29 is 38.2 Å². The number of rotatable bonds is 45. The number of ether oxygens (including phenoxy) is 3. The molecule has 8 nitrogen and oxygen atoms in total. The molecule has 8 heteroatoms. The molecular weight excluding hydrogens is 775 g/mol.